The number of para-hydroxylation sites is 1. The van der Waals surface area contributed by atoms with Crippen molar-refractivity contribution in [3.63, 3.8) is 0 Å². The number of hydrogen-bond acceptors (Lipinski definition) is 5. The minimum Gasteiger partial charge on any atom is -0.493 e. The Balaban J connectivity index is 1.94. The number of ether oxygens (including phenoxy) is 2. The molecule has 0 bridgehead atoms. The number of nitrogens with one attached hydrogen (secondary N) is 2. The number of nitrogens with zero attached hydrogens (tertiary/aromatic N) is 1. The number of methoxy groups -OCH3 is 1. The molecule has 0 saturated heterocycles. The number of anilines is 1. The van der Waals surface area contributed by atoms with Crippen LogP contribution in [-0.2, 0) is 9.59 Å². The van der Waals surface area contributed by atoms with E-state index >= 15 is 0 Å². The standard InChI is InChI=1S/C22H25N3O4/c1-5-11-29-22-17(7-6-8-19(22)28-4)14-23-25-21(27)13-20(26)24-18-10-9-15(2)16(3)12-18/h5-10,12,14H,1,11,13H2,2-4H3,(H,24,26)(H,25,27). The maximum atomic E-state index is 12.0. The summed E-state index contributed by atoms with van der Waals surface area (Å²) in [5, 5.41) is 6.60. The third kappa shape index (κ3) is 6.49. The van der Waals surface area contributed by atoms with E-state index in [1.54, 1.807) is 30.3 Å². The minimum atomic E-state index is -0.529. The average Bonchev–Trinajstić information content (AvgIpc) is 2.69. The molecule has 2 amide bonds. The molecule has 0 heterocycles. The first kappa shape index (κ1) is 21.7. The maximum Gasteiger partial charge on any atom is 0.249 e. The number of carbonyl (C=O) groups excluding carboxylic acids is 2. The van der Waals surface area contributed by atoms with E-state index in [1.165, 1.54) is 13.3 Å². The average molecular weight is 395 g/mol. The fraction of sp³-hybridized carbons (Fsp3) is 0.227. The predicted molar refractivity (Wildman–Crippen MR) is 114 cm³/mol. The normalized spacial score (nSPS) is 10.4. The molecule has 0 aliphatic heterocycles. The van der Waals surface area contributed by atoms with E-state index in [0.717, 1.165) is 11.1 Å². The van der Waals surface area contributed by atoms with Crippen LogP contribution in [0, 0.1) is 13.8 Å². The van der Waals surface area contributed by atoms with Crippen LogP contribution in [0.1, 0.15) is 23.1 Å². The quantitative estimate of drug-likeness (QED) is 0.295. The van der Waals surface area contributed by atoms with Gasteiger partial charge in [-0.3, -0.25) is 9.59 Å². The van der Waals surface area contributed by atoms with Crippen LogP contribution in [0.2, 0.25) is 0 Å². The Kier molecular flexibility index (Phi) is 7.97. The first-order valence-corrected chi connectivity index (χ1v) is 9.04. The van der Waals surface area contributed by atoms with Crippen molar-refractivity contribution in [3.05, 3.63) is 65.7 Å². The van der Waals surface area contributed by atoms with Gasteiger partial charge in [0.2, 0.25) is 11.8 Å². The summed E-state index contributed by atoms with van der Waals surface area (Å²) in [7, 11) is 1.53. The van der Waals surface area contributed by atoms with Crippen LogP contribution >= 0.6 is 0 Å². The van der Waals surface area contributed by atoms with Gasteiger partial charge in [-0.2, -0.15) is 5.10 Å². The van der Waals surface area contributed by atoms with Gasteiger partial charge in [0.1, 0.15) is 13.0 Å². The van der Waals surface area contributed by atoms with E-state index < -0.39 is 11.8 Å². The highest BCUT2D eigenvalue weighted by Crippen LogP contribution is 2.30. The van der Waals surface area contributed by atoms with E-state index in [1.807, 2.05) is 26.0 Å². The van der Waals surface area contributed by atoms with Crippen molar-refractivity contribution in [2.24, 2.45) is 5.10 Å². The largest absolute Gasteiger partial charge is 0.493 e. The van der Waals surface area contributed by atoms with Crippen LogP contribution in [0.15, 0.2) is 54.2 Å². The van der Waals surface area contributed by atoms with E-state index in [4.69, 9.17) is 9.47 Å². The summed E-state index contributed by atoms with van der Waals surface area (Å²) in [5.74, 6) is 0.0756. The molecule has 152 valence electrons. The van der Waals surface area contributed by atoms with Crippen molar-refractivity contribution in [2.45, 2.75) is 20.3 Å². The molecule has 0 radical (unpaired) electrons. The molecule has 0 aromatic heterocycles. The van der Waals surface area contributed by atoms with Crippen molar-refractivity contribution >= 4 is 23.7 Å². The number of hydrogen-bond donors (Lipinski definition) is 2. The van der Waals surface area contributed by atoms with Crippen LogP contribution in [0.3, 0.4) is 0 Å². The highest BCUT2D eigenvalue weighted by molar-refractivity contribution is 6.03. The Morgan fingerprint density at radius 3 is 2.62 bits per heavy atom. The smallest absolute Gasteiger partial charge is 0.249 e. The Morgan fingerprint density at radius 1 is 1.14 bits per heavy atom. The number of amides is 2. The molecule has 2 aromatic rings. The Bertz CT molecular complexity index is 922. The highest BCUT2D eigenvalue weighted by Gasteiger charge is 2.11. The van der Waals surface area contributed by atoms with Crippen LogP contribution in [-0.4, -0.2) is 31.7 Å². The van der Waals surface area contributed by atoms with Crippen LogP contribution in [0.5, 0.6) is 11.5 Å². The van der Waals surface area contributed by atoms with Gasteiger partial charge in [0.25, 0.3) is 0 Å². The first-order chi connectivity index (χ1) is 13.9. The predicted octanol–water partition coefficient (Wildman–Crippen LogP) is 3.36. The number of rotatable bonds is 9. The van der Waals surface area contributed by atoms with Gasteiger partial charge >= 0.3 is 0 Å². The summed E-state index contributed by atoms with van der Waals surface area (Å²) < 4.78 is 10.9. The molecule has 0 atom stereocenters. The summed E-state index contributed by atoms with van der Waals surface area (Å²) in [4.78, 5) is 24.0. The van der Waals surface area contributed by atoms with Crippen molar-refractivity contribution in [2.75, 3.05) is 19.0 Å². The molecule has 2 rings (SSSR count). The minimum absolute atomic E-state index is 0.298. The summed E-state index contributed by atoms with van der Waals surface area (Å²) in [6.07, 6.45) is 2.70. The van der Waals surface area contributed by atoms with Crippen molar-refractivity contribution < 1.29 is 19.1 Å². The van der Waals surface area contributed by atoms with Crippen molar-refractivity contribution in [3.8, 4) is 11.5 Å². The summed E-state index contributed by atoms with van der Waals surface area (Å²) in [6.45, 7) is 7.86. The molecule has 0 fully saturated rings. The Morgan fingerprint density at radius 2 is 1.93 bits per heavy atom. The summed E-state index contributed by atoms with van der Waals surface area (Å²) >= 11 is 0. The summed E-state index contributed by atoms with van der Waals surface area (Å²) in [6, 6.07) is 10.9. The van der Waals surface area contributed by atoms with Gasteiger partial charge in [0.15, 0.2) is 11.5 Å². The molecule has 2 N–H and O–H groups in total. The van der Waals surface area contributed by atoms with Crippen molar-refractivity contribution in [1.29, 1.82) is 0 Å². The number of carbonyl (C=O) groups is 2. The van der Waals surface area contributed by atoms with Gasteiger partial charge in [0, 0.05) is 11.3 Å². The lowest BCUT2D eigenvalue weighted by Gasteiger charge is -2.11. The molecule has 7 nitrogen and oxygen atoms in total. The van der Waals surface area contributed by atoms with Gasteiger partial charge in [0.05, 0.1) is 13.3 Å². The third-order valence-corrected chi connectivity index (χ3v) is 4.08. The number of aryl methyl sites for hydroxylation is 2. The first-order valence-electron chi connectivity index (χ1n) is 9.04. The van der Waals surface area contributed by atoms with Gasteiger partial charge < -0.3 is 14.8 Å². The molecule has 29 heavy (non-hydrogen) atoms. The highest BCUT2D eigenvalue weighted by atomic mass is 16.5. The topological polar surface area (TPSA) is 89.0 Å². The Hall–Kier alpha value is -3.61. The van der Waals surface area contributed by atoms with Crippen molar-refractivity contribution in [1.82, 2.24) is 5.43 Å². The molecule has 2 aromatic carbocycles. The lowest BCUT2D eigenvalue weighted by Crippen LogP contribution is -2.24. The van der Waals surface area contributed by atoms with E-state index in [0.29, 0.717) is 29.4 Å². The monoisotopic (exact) mass is 395 g/mol. The molecule has 0 saturated carbocycles. The maximum absolute atomic E-state index is 12.0. The molecule has 0 aliphatic carbocycles. The zero-order chi connectivity index (χ0) is 21.2. The fourth-order valence-corrected chi connectivity index (χ4v) is 2.48. The second-order valence-electron chi connectivity index (χ2n) is 6.30. The molecule has 0 unspecified atom stereocenters. The van der Waals surface area contributed by atoms with Gasteiger partial charge in [-0.05, 0) is 49.2 Å². The third-order valence-electron chi connectivity index (χ3n) is 4.08. The van der Waals surface area contributed by atoms with Crippen LogP contribution < -0.4 is 20.2 Å². The summed E-state index contributed by atoms with van der Waals surface area (Å²) in [5.41, 5.74) is 5.80. The lowest BCUT2D eigenvalue weighted by atomic mass is 10.1. The number of benzene rings is 2. The van der Waals surface area contributed by atoms with Gasteiger partial charge in [-0.25, -0.2) is 5.43 Å². The zero-order valence-electron chi connectivity index (χ0n) is 16.8. The van der Waals surface area contributed by atoms with E-state index in [2.05, 4.69) is 22.4 Å². The lowest BCUT2D eigenvalue weighted by molar-refractivity contribution is -0.126. The molecule has 0 spiro atoms. The number of hydrazone groups is 1. The van der Waals surface area contributed by atoms with E-state index in [-0.39, 0.29) is 6.42 Å². The van der Waals surface area contributed by atoms with Crippen LogP contribution in [0.4, 0.5) is 5.69 Å². The van der Waals surface area contributed by atoms with Crippen LogP contribution in [0.25, 0.3) is 0 Å². The molecular weight excluding hydrogens is 370 g/mol. The molecule has 0 aliphatic rings. The zero-order valence-corrected chi connectivity index (χ0v) is 16.8. The van der Waals surface area contributed by atoms with Gasteiger partial charge in [-0.15, -0.1) is 0 Å². The SMILES string of the molecule is C=CCOc1c(C=NNC(=O)CC(=O)Nc2ccc(C)c(C)c2)cccc1OC. The van der Waals surface area contributed by atoms with Gasteiger partial charge in [-0.1, -0.05) is 24.8 Å². The Labute approximate surface area is 170 Å². The van der Waals surface area contributed by atoms with E-state index in [9.17, 15) is 9.59 Å². The fourth-order valence-electron chi connectivity index (χ4n) is 2.48. The molecular formula is C22H25N3O4. The second kappa shape index (κ2) is 10.7. The molecule has 7 heteroatoms. The second-order valence-corrected chi connectivity index (χ2v) is 6.30.